The summed E-state index contributed by atoms with van der Waals surface area (Å²) >= 11 is 0. The normalized spacial score (nSPS) is 26.3. The lowest BCUT2D eigenvalue weighted by Gasteiger charge is -2.41. The second-order valence-corrected chi connectivity index (χ2v) is 10.7. The molecule has 3 N–H and O–H groups in total. The van der Waals surface area contributed by atoms with Gasteiger partial charge in [0.15, 0.2) is 0 Å². The number of halogens is 3. The van der Waals surface area contributed by atoms with E-state index in [-0.39, 0.29) is 29.5 Å². The van der Waals surface area contributed by atoms with Crippen LogP contribution in [0, 0.1) is 11.8 Å². The fraction of sp³-hybridized carbons (Fsp3) is 0.414. The van der Waals surface area contributed by atoms with Crippen LogP contribution < -0.4 is 10.6 Å². The Morgan fingerprint density at radius 1 is 1.03 bits per heavy atom. The molecule has 0 bridgehead atoms. The highest BCUT2D eigenvalue weighted by atomic mass is 19.4. The Bertz CT molecular complexity index is 1360. The monoisotopic (exact) mass is 537 g/mol. The van der Waals surface area contributed by atoms with Gasteiger partial charge in [0.1, 0.15) is 5.82 Å². The van der Waals surface area contributed by atoms with E-state index in [1.54, 1.807) is 12.4 Å². The van der Waals surface area contributed by atoms with E-state index in [1.165, 1.54) is 12.1 Å². The number of likely N-dealkylation sites (tertiary alicyclic amines) is 1. The lowest BCUT2D eigenvalue weighted by molar-refractivity contribution is -0.139. The van der Waals surface area contributed by atoms with E-state index in [2.05, 4.69) is 26.7 Å². The highest BCUT2D eigenvalue weighted by molar-refractivity contribution is 5.95. The van der Waals surface area contributed by atoms with Crippen LogP contribution in [0.2, 0.25) is 0 Å². The van der Waals surface area contributed by atoms with E-state index < -0.39 is 29.6 Å². The van der Waals surface area contributed by atoms with E-state index >= 15 is 0 Å². The van der Waals surface area contributed by atoms with Crippen molar-refractivity contribution in [2.45, 2.75) is 56.4 Å². The zero-order chi connectivity index (χ0) is 27.1. The Morgan fingerprint density at radius 3 is 2.64 bits per heavy atom. The van der Waals surface area contributed by atoms with Gasteiger partial charge >= 0.3 is 6.18 Å². The third-order valence-electron chi connectivity index (χ3n) is 8.41. The summed E-state index contributed by atoms with van der Waals surface area (Å²) in [5.74, 6) is -0.0765. The smallest absolute Gasteiger partial charge is 0.375 e. The Kier molecular flexibility index (Phi) is 6.56. The van der Waals surface area contributed by atoms with Crippen molar-refractivity contribution >= 4 is 17.5 Å². The second kappa shape index (κ2) is 10.1. The summed E-state index contributed by atoms with van der Waals surface area (Å²) in [5, 5.41) is 6.52. The number of hydrogen-bond acceptors (Lipinski definition) is 4. The first kappa shape index (κ1) is 25.5. The summed E-state index contributed by atoms with van der Waals surface area (Å²) in [6, 6.07) is 11.8. The van der Waals surface area contributed by atoms with Crippen molar-refractivity contribution in [3.8, 4) is 0 Å². The predicted molar refractivity (Wildman–Crippen MR) is 139 cm³/mol. The number of imidazole rings is 1. The maximum absolute atomic E-state index is 14.2. The van der Waals surface area contributed by atoms with Gasteiger partial charge in [-0.3, -0.25) is 9.59 Å². The minimum atomic E-state index is -4.54. The van der Waals surface area contributed by atoms with Crippen molar-refractivity contribution < 1.29 is 22.8 Å². The topological polar surface area (TPSA) is 90.1 Å². The number of carbonyl (C=O) groups excluding carboxylic acids is 2. The number of aromatic nitrogens is 2. The largest absolute Gasteiger partial charge is 0.416 e. The van der Waals surface area contributed by atoms with Crippen LogP contribution in [0.25, 0.3) is 0 Å². The molecular formula is C29H30F3N5O2. The van der Waals surface area contributed by atoms with Crippen LogP contribution in [0.1, 0.15) is 71.5 Å². The molecule has 1 saturated carbocycles. The Balaban J connectivity index is 1.25. The zero-order valence-corrected chi connectivity index (χ0v) is 21.2. The van der Waals surface area contributed by atoms with E-state index in [0.717, 1.165) is 48.5 Å². The number of hydrogen-bond donors (Lipinski definition) is 3. The molecule has 3 aromatic rings. The number of carbonyl (C=O) groups is 2. The van der Waals surface area contributed by atoms with Gasteiger partial charge in [0, 0.05) is 42.1 Å². The van der Waals surface area contributed by atoms with Crippen LogP contribution in [-0.2, 0) is 11.0 Å². The third-order valence-corrected chi connectivity index (χ3v) is 8.41. The number of fused-ring (bicyclic) bond motifs is 3. The molecule has 1 aliphatic carbocycles. The quantitative estimate of drug-likeness (QED) is 0.412. The van der Waals surface area contributed by atoms with Crippen LogP contribution in [0.3, 0.4) is 0 Å². The van der Waals surface area contributed by atoms with Crippen molar-refractivity contribution in [2.75, 3.05) is 11.9 Å². The molecule has 1 aromatic heterocycles. The molecule has 2 aliphatic heterocycles. The number of anilines is 1. The minimum Gasteiger partial charge on any atom is -0.375 e. The van der Waals surface area contributed by atoms with E-state index in [0.29, 0.717) is 19.4 Å². The fourth-order valence-electron chi connectivity index (χ4n) is 6.59. The Morgan fingerprint density at radius 2 is 1.85 bits per heavy atom. The standard InChI is InChI=1S/C29H30F3N5O2/c30-29(31,32)18-7-5-6-17(16-18)27(38)36-23-11-4-2-9-20(23)28(39)37-15-12-21-24(26-33-13-14-34-26)35-22-10-3-1-8-19(22)25(21)37/h1,3,5-8,10,13-14,16,20-21,23-25,35H,2,4,9,11-12,15H2,(H,33,34)(H,36,38)/t20-,21-,23+,24+,25-/m0/s1. The van der Waals surface area contributed by atoms with Crippen molar-refractivity contribution in [3.63, 3.8) is 0 Å². The molecule has 2 amide bonds. The highest BCUT2D eigenvalue weighted by Crippen LogP contribution is 2.51. The van der Waals surface area contributed by atoms with Crippen molar-refractivity contribution in [1.29, 1.82) is 0 Å². The predicted octanol–water partition coefficient (Wildman–Crippen LogP) is 5.47. The molecule has 0 spiro atoms. The minimum absolute atomic E-state index is 0.00793. The van der Waals surface area contributed by atoms with Crippen molar-refractivity contribution in [1.82, 2.24) is 20.2 Å². The average Bonchev–Trinajstić information content (AvgIpc) is 3.63. The number of aromatic amines is 1. The van der Waals surface area contributed by atoms with Gasteiger partial charge in [0.2, 0.25) is 5.91 Å². The molecule has 2 aromatic carbocycles. The van der Waals surface area contributed by atoms with Crippen LogP contribution in [0.4, 0.5) is 18.9 Å². The first-order valence-electron chi connectivity index (χ1n) is 13.4. The number of amides is 2. The third kappa shape index (κ3) is 4.77. The summed E-state index contributed by atoms with van der Waals surface area (Å²) in [6.45, 7) is 0.589. The Labute approximate surface area is 224 Å². The van der Waals surface area contributed by atoms with Crippen LogP contribution in [-0.4, -0.2) is 39.3 Å². The summed E-state index contributed by atoms with van der Waals surface area (Å²) in [4.78, 5) is 36.8. The molecule has 5 atom stereocenters. The molecule has 0 radical (unpaired) electrons. The van der Waals surface area contributed by atoms with Gasteiger partial charge in [-0.15, -0.1) is 0 Å². The molecule has 3 aliphatic rings. The van der Waals surface area contributed by atoms with Gasteiger partial charge in [0.05, 0.1) is 23.6 Å². The van der Waals surface area contributed by atoms with Crippen molar-refractivity contribution in [3.05, 3.63) is 83.4 Å². The number of H-pyrrole nitrogens is 1. The maximum atomic E-state index is 14.2. The number of para-hydroxylation sites is 1. The van der Waals surface area contributed by atoms with Crippen LogP contribution >= 0.6 is 0 Å². The van der Waals surface area contributed by atoms with Gasteiger partial charge in [-0.05, 0) is 49.1 Å². The number of nitrogens with zero attached hydrogens (tertiary/aromatic N) is 2. The molecule has 39 heavy (non-hydrogen) atoms. The molecule has 204 valence electrons. The van der Waals surface area contributed by atoms with E-state index in [4.69, 9.17) is 0 Å². The second-order valence-electron chi connectivity index (χ2n) is 10.7. The number of rotatable bonds is 4. The Hall–Kier alpha value is -3.82. The molecule has 1 saturated heterocycles. The lowest BCUT2D eigenvalue weighted by atomic mass is 9.80. The SMILES string of the molecule is O=C(N[C@@H]1CCCC[C@@H]1C(=O)N1CC[C@H]2[C@H](c3ncc[nH]3)Nc3ccccc3[C@@H]21)c1cccc(C(F)(F)F)c1. The zero-order valence-electron chi connectivity index (χ0n) is 21.2. The van der Waals surface area contributed by atoms with Gasteiger partial charge in [-0.2, -0.15) is 13.2 Å². The molecule has 6 rings (SSSR count). The molecule has 7 nitrogen and oxygen atoms in total. The summed E-state index contributed by atoms with van der Waals surface area (Å²) in [5.41, 5.74) is 1.11. The van der Waals surface area contributed by atoms with Gasteiger partial charge in [-0.25, -0.2) is 4.98 Å². The molecule has 2 fully saturated rings. The molecule has 10 heteroatoms. The summed E-state index contributed by atoms with van der Waals surface area (Å²) in [7, 11) is 0. The van der Waals surface area contributed by atoms with Gasteiger partial charge in [0.25, 0.3) is 5.91 Å². The maximum Gasteiger partial charge on any atom is 0.416 e. The lowest BCUT2D eigenvalue weighted by Crippen LogP contribution is -2.50. The van der Waals surface area contributed by atoms with E-state index in [9.17, 15) is 22.8 Å². The number of alkyl halides is 3. The van der Waals surface area contributed by atoms with Crippen molar-refractivity contribution in [2.24, 2.45) is 11.8 Å². The van der Waals surface area contributed by atoms with Gasteiger partial charge < -0.3 is 20.5 Å². The van der Waals surface area contributed by atoms with Crippen LogP contribution in [0.5, 0.6) is 0 Å². The summed E-state index contributed by atoms with van der Waals surface area (Å²) in [6.07, 6.45) is 2.73. The summed E-state index contributed by atoms with van der Waals surface area (Å²) < 4.78 is 39.6. The van der Waals surface area contributed by atoms with Gasteiger partial charge in [-0.1, -0.05) is 37.1 Å². The first-order valence-corrected chi connectivity index (χ1v) is 13.4. The highest BCUT2D eigenvalue weighted by Gasteiger charge is 2.49. The average molecular weight is 538 g/mol. The fourth-order valence-corrected chi connectivity index (χ4v) is 6.59. The first-order chi connectivity index (χ1) is 18.8. The molecular weight excluding hydrogens is 507 g/mol. The number of nitrogens with one attached hydrogen (secondary N) is 3. The molecule has 3 heterocycles. The van der Waals surface area contributed by atoms with Crippen LogP contribution in [0.15, 0.2) is 60.9 Å². The van der Waals surface area contributed by atoms with E-state index in [1.807, 2.05) is 23.1 Å². The molecule has 0 unspecified atom stereocenters. The number of benzene rings is 2.